The maximum absolute atomic E-state index is 10.8. The molecule has 0 saturated carbocycles. The molecule has 1 heterocycles. The molecule has 0 aliphatic carbocycles. The fourth-order valence-electron chi connectivity index (χ4n) is 2.81. The Balaban J connectivity index is 1.81. The van der Waals surface area contributed by atoms with Crippen molar-refractivity contribution in [2.75, 3.05) is 33.7 Å². The molecule has 4 heteroatoms. The van der Waals surface area contributed by atoms with Crippen molar-refractivity contribution in [2.45, 2.75) is 19.4 Å². The summed E-state index contributed by atoms with van der Waals surface area (Å²) in [6.45, 7) is 4.40. The van der Waals surface area contributed by atoms with Crippen molar-refractivity contribution in [3.63, 3.8) is 0 Å². The quantitative estimate of drug-likeness (QED) is 0.895. The molecular weight excluding hydrogens is 252 g/mol. The minimum atomic E-state index is -0.865. The van der Waals surface area contributed by atoms with Crippen LogP contribution in [0, 0.1) is 5.92 Å². The van der Waals surface area contributed by atoms with Gasteiger partial charge in [-0.2, -0.15) is 0 Å². The average molecular weight is 276 g/mol. The van der Waals surface area contributed by atoms with Crippen molar-refractivity contribution in [3.05, 3.63) is 35.4 Å². The van der Waals surface area contributed by atoms with Gasteiger partial charge in [-0.25, -0.2) is 4.79 Å². The fourth-order valence-corrected chi connectivity index (χ4v) is 2.81. The molecule has 1 aliphatic heterocycles. The molecule has 1 saturated heterocycles. The van der Waals surface area contributed by atoms with E-state index in [9.17, 15) is 4.79 Å². The summed E-state index contributed by atoms with van der Waals surface area (Å²) in [4.78, 5) is 15.5. The maximum atomic E-state index is 10.8. The summed E-state index contributed by atoms with van der Waals surface area (Å²) >= 11 is 0. The van der Waals surface area contributed by atoms with Crippen LogP contribution in [-0.2, 0) is 6.54 Å². The standard InChI is InChI=1S/C16H24N2O2/c1-17-9-7-14(8-10-17)12-18(2)11-13-3-5-15(6-4-13)16(19)20/h3-6,14H,7-12H2,1-2H3,(H,19,20). The van der Waals surface area contributed by atoms with E-state index in [1.54, 1.807) is 12.1 Å². The predicted octanol–water partition coefficient (Wildman–Crippen LogP) is 2.16. The van der Waals surface area contributed by atoms with Crippen LogP contribution < -0.4 is 0 Å². The van der Waals surface area contributed by atoms with Gasteiger partial charge in [-0.3, -0.25) is 0 Å². The molecule has 1 fully saturated rings. The lowest BCUT2D eigenvalue weighted by Crippen LogP contribution is -2.35. The zero-order valence-corrected chi connectivity index (χ0v) is 12.4. The minimum absolute atomic E-state index is 0.353. The number of hydrogen-bond acceptors (Lipinski definition) is 3. The van der Waals surface area contributed by atoms with E-state index < -0.39 is 5.97 Å². The van der Waals surface area contributed by atoms with Gasteiger partial charge in [-0.05, 0) is 63.6 Å². The Kier molecular flexibility index (Phi) is 5.15. The van der Waals surface area contributed by atoms with E-state index in [1.165, 1.54) is 31.5 Å². The van der Waals surface area contributed by atoms with Gasteiger partial charge in [-0.15, -0.1) is 0 Å². The number of carboxylic acid groups (broad SMARTS) is 1. The molecule has 0 unspecified atom stereocenters. The van der Waals surface area contributed by atoms with E-state index in [1.807, 2.05) is 12.1 Å². The molecule has 110 valence electrons. The SMILES string of the molecule is CN1CCC(CN(C)Cc2ccc(C(=O)O)cc2)CC1. The Morgan fingerprint density at radius 2 is 1.90 bits per heavy atom. The smallest absolute Gasteiger partial charge is 0.335 e. The third-order valence-corrected chi connectivity index (χ3v) is 4.06. The van der Waals surface area contributed by atoms with Gasteiger partial charge < -0.3 is 14.9 Å². The molecule has 0 aromatic heterocycles. The van der Waals surface area contributed by atoms with Crippen LogP contribution in [0.25, 0.3) is 0 Å². The third-order valence-electron chi connectivity index (χ3n) is 4.06. The molecule has 0 spiro atoms. The highest BCUT2D eigenvalue weighted by molar-refractivity contribution is 5.87. The van der Waals surface area contributed by atoms with E-state index in [4.69, 9.17) is 5.11 Å². The second-order valence-corrected chi connectivity index (χ2v) is 5.95. The number of benzene rings is 1. The first-order valence-electron chi connectivity index (χ1n) is 7.24. The highest BCUT2D eigenvalue weighted by Gasteiger charge is 2.18. The number of hydrogen-bond donors (Lipinski definition) is 1. The number of likely N-dealkylation sites (tertiary alicyclic amines) is 1. The van der Waals surface area contributed by atoms with Crippen molar-refractivity contribution in [1.29, 1.82) is 0 Å². The predicted molar refractivity (Wildman–Crippen MR) is 80.0 cm³/mol. The topological polar surface area (TPSA) is 43.8 Å². The lowest BCUT2D eigenvalue weighted by atomic mass is 9.96. The molecule has 0 radical (unpaired) electrons. The van der Waals surface area contributed by atoms with Crippen molar-refractivity contribution in [1.82, 2.24) is 9.80 Å². The molecule has 1 N–H and O–H groups in total. The van der Waals surface area contributed by atoms with Crippen LogP contribution in [0.3, 0.4) is 0 Å². The number of aromatic carboxylic acids is 1. The molecule has 1 aliphatic rings. The largest absolute Gasteiger partial charge is 0.478 e. The van der Waals surface area contributed by atoms with E-state index in [0.717, 1.165) is 19.0 Å². The van der Waals surface area contributed by atoms with Crippen LogP contribution in [0.2, 0.25) is 0 Å². The molecular formula is C16H24N2O2. The molecule has 20 heavy (non-hydrogen) atoms. The first-order chi connectivity index (χ1) is 9.54. The zero-order valence-electron chi connectivity index (χ0n) is 12.4. The van der Waals surface area contributed by atoms with Crippen molar-refractivity contribution < 1.29 is 9.90 Å². The van der Waals surface area contributed by atoms with Gasteiger partial charge in [0.25, 0.3) is 0 Å². The second-order valence-electron chi connectivity index (χ2n) is 5.95. The van der Waals surface area contributed by atoms with Crippen LogP contribution in [0.1, 0.15) is 28.8 Å². The molecule has 0 amide bonds. The van der Waals surface area contributed by atoms with Gasteiger partial charge in [-0.1, -0.05) is 12.1 Å². The summed E-state index contributed by atoms with van der Waals surface area (Å²) in [7, 11) is 4.33. The number of rotatable bonds is 5. The van der Waals surface area contributed by atoms with Gasteiger partial charge in [0.2, 0.25) is 0 Å². The van der Waals surface area contributed by atoms with Gasteiger partial charge >= 0.3 is 5.97 Å². The summed E-state index contributed by atoms with van der Waals surface area (Å²) in [5.41, 5.74) is 1.53. The Morgan fingerprint density at radius 1 is 1.30 bits per heavy atom. The molecule has 2 rings (SSSR count). The number of piperidine rings is 1. The highest BCUT2D eigenvalue weighted by atomic mass is 16.4. The van der Waals surface area contributed by atoms with Crippen molar-refractivity contribution >= 4 is 5.97 Å². The third kappa shape index (κ3) is 4.32. The van der Waals surface area contributed by atoms with E-state index in [2.05, 4.69) is 23.9 Å². The Hall–Kier alpha value is -1.39. The van der Waals surface area contributed by atoms with E-state index in [0.29, 0.717) is 5.56 Å². The number of carboxylic acids is 1. The summed E-state index contributed by atoms with van der Waals surface area (Å²) in [5.74, 6) is -0.0780. The molecule has 1 aromatic rings. The minimum Gasteiger partial charge on any atom is -0.478 e. The van der Waals surface area contributed by atoms with Crippen LogP contribution in [0.15, 0.2) is 24.3 Å². The summed E-state index contributed by atoms with van der Waals surface area (Å²) in [5, 5.41) is 8.88. The number of nitrogens with zero attached hydrogens (tertiary/aromatic N) is 2. The van der Waals surface area contributed by atoms with E-state index >= 15 is 0 Å². The average Bonchev–Trinajstić information content (AvgIpc) is 2.42. The Labute approximate surface area is 121 Å². The van der Waals surface area contributed by atoms with Crippen molar-refractivity contribution in [3.8, 4) is 0 Å². The van der Waals surface area contributed by atoms with Crippen LogP contribution in [0.5, 0.6) is 0 Å². The first-order valence-corrected chi connectivity index (χ1v) is 7.24. The first kappa shape index (κ1) is 15.0. The lowest BCUT2D eigenvalue weighted by Gasteiger charge is -2.31. The van der Waals surface area contributed by atoms with Crippen LogP contribution in [0.4, 0.5) is 0 Å². The van der Waals surface area contributed by atoms with Gasteiger partial charge in [0.15, 0.2) is 0 Å². The zero-order chi connectivity index (χ0) is 14.5. The molecule has 1 aromatic carbocycles. The Morgan fingerprint density at radius 3 is 2.45 bits per heavy atom. The fraction of sp³-hybridized carbons (Fsp3) is 0.562. The maximum Gasteiger partial charge on any atom is 0.335 e. The lowest BCUT2D eigenvalue weighted by molar-refractivity contribution is 0.0697. The van der Waals surface area contributed by atoms with Crippen LogP contribution >= 0.6 is 0 Å². The van der Waals surface area contributed by atoms with E-state index in [-0.39, 0.29) is 0 Å². The van der Waals surface area contributed by atoms with Gasteiger partial charge in [0.1, 0.15) is 0 Å². The molecule has 0 atom stereocenters. The van der Waals surface area contributed by atoms with Crippen LogP contribution in [-0.4, -0.2) is 54.6 Å². The van der Waals surface area contributed by atoms with Gasteiger partial charge in [0, 0.05) is 13.1 Å². The second kappa shape index (κ2) is 6.86. The molecule has 0 bridgehead atoms. The highest BCUT2D eigenvalue weighted by Crippen LogP contribution is 2.17. The molecule has 4 nitrogen and oxygen atoms in total. The monoisotopic (exact) mass is 276 g/mol. The number of carbonyl (C=O) groups is 1. The Bertz CT molecular complexity index is 436. The van der Waals surface area contributed by atoms with Crippen molar-refractivity contribution in [2.24, 2.45) is 5.92 Å². The summed E-state index contributed by atoms with van der Waals surface area (Å²) < 4.78 is 0. The normalized spacial score (nSPS) is 17.6. The van der Waals surface area contributed by atoms with Gasteiger partial charge in [0.05, 0.1) is 5.56 Å². The summed E-state index contributed by atoms with van der Waals surface area (Å²) in [6, 6.07) is 7.19. The summed E-state index contributed by atoms with van der Waals surface area (Å²) in [6.07, 6.45) is 2.55.